The van der Waals surface area contributed by atoms with E-state index in [2.05, 4.69) is 11.4 Å². The summed E-state index contributed by atoms with van der Waals surface area (Å²) >= 11 is 11.8. The zero-order valence-corrected chi connectivity index (χ0v) is 15.4. The maximum Gasteiger partial charge on any atom is 0.347 e. The van der Waals surface area contributed by atoms with Gasteiger partial charge in [-0.15, -0.1) is 0 Å². The van der Waals surface area contributed by atoms with E-state index in [1.165, 1.54) is 19.1 Å². The standard InChI is InChI=1S/C17H18Cl2N2O4/c1-10(25-14-6-5-12(18)7-13(14)19)16(23)24-8-15(22)21-17(2,9-20)11-3-4-11/h5-7,10-11H,3-4,8H2,1-2H3,(H,21,22)/t10-,17-/m1/s1. The summed E-state index contributed by atoms with van der Waals surface area (Å²) in [6.07, 6.45) is 0.838. The topological polar surface area (TPSA) is 88.4 Å². The van der Waals surface area contributed by atoms with Crippen LogP contribution in [0.25, 0.3) is 0 Å². The highest BCUT2D eigenvalue weighted by molar-refractivity contribution is 6.35. The van der Waals surface area contributed by atoms with Crippen molar-refractivity contribution in [2.24, 2.45) is 5.92 Å². The lowest BCUT2D eigenvalue weighted by atomic mass is 9.98. The summed E-state index contributed by atoms with van der Waals surface area (Å²) in [4.78, 5) is 23.9. The Morgan fingerprint density at radius 3 is 2.68 bits per heavy atom. The van der Waals surface area contributed by atoms with Crippen LogP contribution < -0.4 is 10.1 Å². The van der Waals surface area contributed by atoms with Crippen molar-refractivity contribution in [3.8, 4) is 11.8 Å². The molecule has 0 radical (unpaired) electrons. The Labute approximate surface area is 156 Å². The van der Waals surface area contributed by atoms with Crippen molar-refractivity contribution in [1.82, 2.24) is 5.32 Å². The third kappa shape index (κ3) is 5.25. The van der Waals surface area contributed by atoms with E-state index in [1.807, 2.05) is 0 Å². The fraction of sp³-hybridized carbons (Fsp3) is 0.471. The number of benzene rings is 1. The Balaban J connectivity index is 1.82. The molecule has 0 aromatic heterocycles. The molecule has 1 saturated carbocycles. The van der Waals surface area contributed by atoms with E-state index in [1.54, 1.807) is 13.0 Å². The molecule has 0 unspecified atom stereocenters. The molecule has 2 rings (SSSR count). The number of amides is 1. The zero-order chi connectivity index (χ0) is 18.6. The zero-order valence-electron chi connectivity index (χ0n) is 13.8. The lowest BCUT2D eigenvalue weighted by Gasteiger charge is -2.23. The largest absolute Gasteiger partial charge is 0.477 e. The number of carbonyl (C=O) groups excluding carboxylic acids is 2. The number of nitrogens with zero attached hydrogens (tertiary/aromatic N) is 1. The Morgan fingerprint density at radius 2 is 2.12 bits per heavy atom. The molecule has 1 amide bonds. The van der Waals surface area contributed by atoms with Gasteiger partial charge in [-0.25, -0.2) is 4.79 Å². The molecule has 0 heterocycles. The van der Waals surface area contributed by atoms with Crippen molar-refractivity contribution < 1.29 is 19.1 Å². The smallest absolute Gasteiger partial charge is 0.347 e. The third-order valence-corrected chi connectivity index (χ3v) is 4.43. The van der Waals surface area contributed by atoms with Crippen molar-refractivity contribution in [1.29, 1.82) is 5.26 Å². The van der Waals surface area contributed by atoms with Gasteiger partial charge in [0.15, 0.2) is 12.7 Å². The Hall–Kier alpha value is -1.97. The van der Waals surface area contributed by atoms with E-state index in [4.69, 9.17) is 32.7 Å². The molecule has 134 valence electrons. The number of rotatable bonds is 7. The van der Waals surface area contributed by atoms with Crippen LogP contribution in [0, 0.1) is 17.2 Å². The minimum atomic E-state index is -0.961. The molecule has 0 spiro atoms. The third-order valence-electron chi connectivity index (χ3n) is 3.90. The van der Waals surface area contributed by atoms with Crippen molar-refractivity contribution >= 4 is 35.1 Å². The predicted molar refractivity (Wildman–Crippen MR) is 92.4 cm³/mol. The van der Waals surface area contributed by atoms with E-state index in [9.17, 15) is 14.9 Å². The van der Waals surface area contributed by atoms with Gasteiger partial charge in [-0.1, -0.05) is 23.2 Å². The number of nitriles is 1. The highest BCUT2D eigenvalue weighted by Gasteiger charge is 2.43. The number of esters is 1. The molecule has 1 fully saturated rings. The minimum absolute atomic E-state index is 0.145. The first-order valence-corrected chi connectivity index (χ1v) is 8.51. The molecule has 2 atom stereocenters. The van der Waals surface area contributed by atoms with E-state index in [0.29, 0.717) is 5.02 Å². The van der Waals surface area contributed by atoms with Gasteiger partial charge in [0.25, 0.3) is 5.91 Å². The van der Waals surface area contributed by atoms with E-state index in [-0.39, 0.29) is 16.7 Å². The molecule has 1 N–H and O–H groups in total. The van der Waals surface area contributed by atoms with Crippen LogP contribution >= 0.6 is 23.2 Å². The van der Waals surface area contributed by atoms with Crippen LogP contribution in [-0.2, 0) is 14.3 Å². The summed E-state index contributed by atoms with van der Waals surface area (Å²) in [6, 6.07) is 6.71. The summed E-state index contributed by atoms with van der Waals surface area (Å²) in [5.41, 5.74) is -0.928. The molecule has 0 saturated heterocycles. The van der Waals surface area contributed by atoms with Gasteiger partial charge in [-0.2, -0.15) is 5.26 Å². The van der Waals surface area contributed by atoms with Gasteiger partial charge >= 0.3 is 5.97 Å². The number of nitrogens with one attached hydrogen (secondary N) is 1. The van der Waals surface area contributed by atoms with Gasteiger partial charge < -0.3 is 14.8 Å². The summed E-state index contributed by atoms with van der Waals surface area (Å²) in [6.45, 7) is 2.66. The minimum Gasteiger partial charge on any atom is -0.477 e. The first kappa shape index (κ1) is 19.4. The number of carbonyl (C=O) groups is 2. The van der Waals surface area contributed by atoms with Crippen molar-refractivity contribution in [3.63, 3.8) is 0 Å². The molecule has 1 aliphatic carbocycles. The average molecular weight is 385 g/mol. The Kier molecular flexibility index (Phi) is 6.15. The number of ether oxygens (including phenoxy) is 2. The quantitative estimate of drug-likeness (QED) is 0.729. The van der Waals surface area contributed by atoms with E-state index < -0.39 is 30.1 Å². The van der Waals surface area contributed by atoms with Crippen LogP contribution in [0.4, 0.5) is 0 Å². The monoisotopic (exact) mass is 384 g/mol. The summed E-state index contributed by atoms with van der Waals surface area (Å²) in [7, 11) is 0. The fourth-order valence-electron chi connectivity index (χ4n) is 2.27. The SMILES string of the molecule is C[C@@H](Oc1ccc(Cl)cc1Cl)C(=O)OCC(=O)N[C@](C)(C#N)C1CC1. The molecule has 1 aromatic carbocycles. The van der Waals surface area contributed by atoms with E-state index >= 15 is 0 Å². The van der Waals surface area contributed by atoms with Crippen LogP contribution in [-0.4, -0.2) is 30.1 Å². The lowest BCUT2D eigenvalue weighted by Crippen LogP contribution is -2.48. The molecule has 0 bridgehead atoms. The van der Waals surface area contributed by atoms with Gasteiger partial charge in [0.2, 0.25) is 0 Å². The molecule has 25 heavy (non-hydrogen) atoms. The highest BCUT2D eigenvalue weighted by Crippen LogP contribution is 2.39. The van der Waals surface area contributed by atoms with Gasteiger partial charge in [0, 0.05) is 5.02 Å². The van der Waals surface area contributed by atoms with Crippen LogP contribution in [0.15, 0.2) is 18.2 Å². The molecular formula is C17H18Cl2N2O4. The Morgan fingerprint density at radius 1 is 1.44 bits per heavy atom. The second kappa shape index (κ2) is 7.94. The Bertz CT molecular complexity index is 715. The van der Waals surface area contributed by atoms with Gasteiger partial charge in [-0.3, -0.25) is 4.79 Å². The number of hydrogen-bond donors (Lipinski definition) is 1. The average Bonchev–Trinajstić information content (AvgIpc) is 3.40. The number of halogens is 2. The van der Waals surface area contributed by atoms with Crippen LogP contribution in [0.1, 0.15) is 26.7 Å². The maximum atomic E-state index is 12.0. The molecule has 1 aromatic rings. The summed E-state index contributed by atoms with van der Waals surface area (Å²) < 4.78 is 10.4. The van der Waals surface area contributed by atoms with Crippen LogP contribution in [0.3, 0.4) is 0 Å². The molecular weight excluding hydrogens is 367 g/mol. The highest BCUT2D eigenvalue weighted by atomic mass is 35.5. The second-order valence-electron chi connectivity index (χ2n) is 6.08. The molecule has 0 aliphatic heterocycles. The second-order valence-corrected chi connectivity index (χ2v) is 6.92. The fourth-order valence-corrected chi connectivity index (χ4v) is 2.72. The molecule has 6 nitrogen and oxygen atoms in total. The predicted octanol–water partition coefficient (Wildman–Crippen LogP) is 3.11. The van der Waals surface area contributed by atoms with Gasteiger partial charge in [-0.05, 0) is 50.8 Å². The van der Waals surface area contributed by atoms with Gasteiger partial charge in [0.1, 0.15) is 11.3 Å². The van der Waals surface area contributed by atoms with Crippen molar-refractivity contribution in [2.75, 3.05) is 6.61 Å². The first-order valence-electron chi connectivity index (χ1n) is 7.76. The summed E-state index contributed by atoms with van der Waals surface area (Å²) in [5.74, 6) is -0.815. The first-order chi connectivity index (χ1) is 11.7. The molecule has 8 heteroatoms. The van der Waals surface area contributed by atoms with Crippen molar-refractivity contribution in [3.05, 3.63) is 28.2 Å². The summed E-state index contributed by atoms with van der Waals surface area (Å²) in [5, 5.41) is 12.5. The maximum absolute atomic E-state index is 12.0. The lowest BCUT2D eigenvalue weighted by molar-refractivity contribution is -0.155. The van der Waals surface area contributed by atoms with Crippen LogP contribution in [0.5, 0.6) is 5.75 Å². The van der Waals surface area contributed by atoms with Crippen LogP contribution in [0.2, 0.25) is 10.0 Å². The van der Waals surface area contributed by atoms with Gasteiger partial charge in [0.05, 0.1) is 11.1 Å². The normalized spacial score (nSPS) is 16.9. The van der Waals surface area contributed by atoms with E-state index in [0.717, 1.165) is 12.8 Å². The number of hydrogen-bond acceptors (Lipinski definition) is 5. The van der Waals surface area contributed by atoms with Crippen molar-refractivity contribution in [2.45, 2.75) is 38.3 Å². The molecule has 1 aliphatic rings.